The van der Waals surface area contributed by atoms with E-state index in [1.54, 1.807) is 12.1 Å². The molecule has 0 saturated carbocycles. The van der Waals surface area contributed by atoms with E-state index in [9.17, 15) is 9.65 Å². The highest BCUT2D eigenvalue weighted by molar-refractivity contribution is 5.49. The molecule has 0 saturated heterocycles. The van der Waals surface area contributed by atoms with Crippen molar-refractivity contribution in [3.05, 3.63) is 59.4 Å². The molecule has 100 valence electrons. The molecule has 1 aliphatic rings. The molecule has 4 heteroatoms. The van der Waals surface area contributed by atoms with Crippen molar-refractivity contribution in [3.63, 3.8) is 0 Å². The lowest BCUT2D eigenvalue weighted by Gasteiger charge is -2.14. The van der Waals surface area contributed by atoms with Crippen molar-refractivity contribution in [2.45, 2.75) is 12.5 Å². The number of anilines is 1. The molecule has 0 aromatic heterocycles. The van der Waals surface area contributed by atoms with E-state index in [1.165, 1.54) is 12.1 Å². The second kappa shape index (κ2) is 5.22. The van der Waals surface area contributed by atoms with E-state index in [2.05, 4.69) is 11.4 Å². The molecule has 1 atom stereocenters. The fourth-order valence-corrected chi connectivity index (χ4v) is 2.29. The zero-order valence-corrected chi connectivity index (χ0v) is 10.8. The van der Waals surface area contributed by atoms with Gasteiger partial charge in [-0.3, -0.25) is 0 Å². The Morgan fingerprint density at radius 1 is 1.20 bits per heavy atom. The normalized spacial score (nSPS) is 14.0. The van der Waals surface area contributed by atoms with Crippen LogP contribution in [0.2, 0.25) is 0 Å². The predicted molar refractivity (Wildman–Crippen MR) is 74.0 cm³/mol. The van der Waals surface area contributed by atoms with Crippen LogP contribution in [-0.4, -0.2) is 6.61 Å². The topological polar surface area (TPSA) is 45.0 Å². The Kier molecular flexibility index (Phi) is 3.26. The first kappa shape index (κ1) is 12.5. The Hall–Kier alpha value is -2.54. The third kappa shape index (κ3) is 2.43. The number of fused-ring (bicyclic) bond motifs is 1. The quantitative estimate of drug-likeness (QED) is 0.927. The van der Waals surface area contributed by atoms with Gasteiger partial charge in [0.15, 0.2) is 0 Å². The maximum absolute atomic E-state index is 12.9. The maximum atomic E-state index is 12.9. The molecule has 0 spiro atoms. The molecule has 20 heavy (non-hydrogen) atoms. The van der Waals surface area contributed by atoms with E-state index >= 15 is 0 Å². The summed E-state index contributed by atoms with van der Waals surface area (Å²) in [7, 11) is 0. The van der Waals surface area contributed by atoms with Crippen LogP contribution in [0.15, 0.2) is 42.5 Å². The van der Waals surface area contributed by atoms with E-state index in [4.69, 9.17) is 4.74 Å². The van der Waals surface area contributed by atoms with Crippen LogP contribution in [0.1, 0.15) is 17.2 Å². The number of halogens is 1. The van der Waals surface area contributed by atoms with Gasteiger partial charge in [0.05, 0.1) is 12.7 Å². The Morgan fingerprint density at radius 3 is 2.75 bits per heavy atom. The fourth-order valence-electron chi connectivity index (χ4n) is 2.29. The first-order valence-corrected chi connectivity index (χ1v) is 6.43. The van der Waals surface area contributed by atoms with E-state index in [0.717, 1.165) is 29.0 Å². The van der Waals surface area contributed by atoms with Crippen molar-refractivity contribution in [1.29, 1.82) is 5.26 Å². The molecule has 3 nitrogen and oxygen atoms in total. The third-order valence-electron chi connectivity index (χ3n) is 3.33. The largest absolute Gasteiger partial charge is 0.493 e. The molecule has 3 rings (SSSR count). The number of rotatable bonds is 3. The Labute approximate surface area is 116 Å². The smallest absolute Gasteiger partial charge is 0.140 e. The third-order valence-corrected chi connectivity index (χ3v) is 3.33. The molecule has 1 unspecified atom stereocenters. The van der Waals surface area contributed by atoms with Crippen molar-refractivity contribution in [1.82, 2.24) is 0 Å². The highest BCUT2D eigenvalue weighted by Gasteiger charge is 2.16. The number of ether oxygens (including phenoxy) is 1. The van der Waals surface area contributed by atoms with Gasteiger partial charge in [0.2, 0.25) is 0 Å². The molecular weight excluding hydrogens is 255 g/mol. The van der Waals surface area contributed by atoms with Crippen LogP contribution >= 0.6 is 0 Å². The first-order valence-electron chi connectivity index (χ1n) is 6.43. The van der Waals surface area contributed by atoms with E-state index in [-0.39, 0.29) is 5.82 Å². The SMILES string of the molecule is N#CC(Nc1ccc(F)cc1)c1ccc2c(c1)CCO2. The van der Waals surface area contributed by atoms with Gasteiger partial charge in [-0.15, -0.1) is 0 Å². The monoisotopic (exact) mass is 268 g/mol. The number of nitrogens with zero attached hydrogens (tertiary/aromatic N) is 1. The Morgan fingerprint density at radius 2 is 2.00 bits per heavy atom. The number of nitrogens with one attached hydrogen (secondary N) is 1. The summed E-state index contributed by atoms with van der Waals surface area (Å²) < 4.78 is 18.3. The van der Waals surface area contributed by atoms with Gasteiger partial charge < -0.3 is 10.1 Å². The van der Waals surface area contributed by atoms with Crippen molar-refractivity contribution < 1.29 is 9.13 Å². The summed E-state index contributed by atoms with van der Waals surface area (Å²) >= 11 is 0. The Balaban J connectivity index is 1.83. The molecule has 1 N–H and O–H groups in total. The molecule has 2 aromatic carbocycles. The van der Waals surface area contributed by atoms with Crippen LogP contribution in [-0.2, 0) is 6.42 Å². The fraction of sp³-hybridized carbons (Fsp3) is 0.188. The van der Waals surface area contributed by atoms with Crippen LogP contribution < -0.4 is 10.1 Å². The predicted octanol–water partition coefficient (Wildman–Crippen LogP) is 3.44. The minimum absolute atomic E-state index is 0.293. The highest BCUT2D eigenvalue weighted by atomic mass is 19.1. The number of benzene rings is 2. The second-order valence-corrected chi connectivity index (χ2v) is 4.68. The second-order valence-electron chi connectivity index (χ2n) is 4.68. The number of hydrogen-bond acceptors (Lipinski definition) is 3. The summed E-state index contributed by atoms with van der Waals surface area (Å²) in [5.74, 6) is 0.603. The average molecular weight is 268 g/mol. The van der Waals surface area contributed by atoms with E-state index in [0.29, 0.717) is 6.61 Å². The molecule has 0 fully saturated rings. The molecule has 2 aromatic rings. The summed E-state index contributed by atoms with van der Waals surface area (Å²) in [4.78, 5) is 0. The zero-order chi connectivity index (χ0) is 13.9. The minimum Gasteiger partial charge on any atom is -0.493 e. The average Bonchev–Trinajstić information content (AvgIpc) is 2.94. The van der Waals surface area contributed by atoms with Gasteiger partial charge in [-0.25, -0.2) is 4.39 Å². The lowest BCUT2D eigenvalue weighted by molar-refractivity contribution is 0.357. The standard InChI is InChI=1S/C16H13FN2O/c17-13-2-4-14(5-3-13)19-15(10-18)11-1-6-16-12(9-11)7-8-20-16/h1-6,9,15,19H,7-8H2. The van der Waals surface area contributed by atoms with Crippen LogP contribution in [0.25, 0.3) is 0 Å². The number of hydrogen-bond donors (Lipinski definition) is 1. The molecule has 1 heterocycles. The van der Waals surface area contributed by atoms with E-state index < -0.39 is 6.04 Å². The van der Waals surface area contributed by atoms with Crippen molar-refractivity contribution in [3.8, 4) is 11.8 Å². The van der Waals surface area contributed by atoms with Gasteiger partial charge in [0.25, 0.3) is 0 Å². The lowest BCUT2D eigenvalue weighted by atomic mass is 10.0. The summed E-state index contributed by atoms with van der Waals surface area (Å²) in [5, 5.41) is 12.4. The van der Waals surface area contributed by atoms with Gasteiger partial charge in [0.1, 0.15) is 17.6 Å². The first-order chi connectivity index (χ1) is 9.76. The van der Waals surface area contributed by atoms with Gasteiger partial charge in [0, 0.05) is 12.1 Å². The summed E-state index contributed by atoms with van der Waals surface area (Å²) in [6, 6.07) is 13.5. The molecular formula is C16H13FN2O. The molecule has 0 bridgehead atoms. The molecule has 0 aliphatic carbocycles. The molecule has 0 amide bonds. The highest BCUT2D eigenvalue weighted by Crippen LogP contribution is 2.29. The van der Waals surface area contributed by atoms with Gasteiger partial charge in [-0.05, 0) is 47.5 Å². The van der Waals surface area contributed by atoms with Crippen molar-refractivity contribution in [2.24, 2.45) is 0 Å². The Bertz CT molecular complexity index is 661. The van der Waals surface area contributed by atoms with Crippen LogP contribution in [0.5, 0.6) is 5.75 Å². The van der Waals surface area contributed by atoms with Gasteiger partial charge >= 0.3 is 0 Å². The summed E-state index contributed by atoms with van der Waals surface area (Å²) in [6.07, 6.45) is 0.873. The lowest BCUT2D eigenvalue weighted by Crippen LogP contribution is -2.08. The minimum atomic E-state index is -0.466. The summed E-state index contributed by atoms with van der Waals surface area (Å²) in [5.41, 5.74) is 2.74. The van der Waals surface area contributed by atoms with Crippen molar-refractivity contribution >= 4 is 5.69 Å². The summed E-state index contributed by atoms with van der Waals surface area (Å²) in [6.45, 7) is 0.696. The molecule has 0 radical (unpaired) electrons. The van der Waals surface area contributed by atoms with Crippen molar-refractivity contribution in [2.75, 3.05) is 11.9 Å². The van der Waals surface area contributed by atoms with Gasteiger partial charge in [-0.1, -0.05) is 6.07 Å². The number of nitriles is 1. The van der Waals surface area contributed by atoms with Crippen LogP contribution in [0.4, 0.5) is 10.1 Å². The maximum Gasteiger partial charge on any atom is 0.140 e. The molecule has 1 aliphatic heterocycles. The van der Waals surface area contributed by atoms with Gasteiger partial charge in [-0.2, -0.15) is 5.26 Å². The van der Waals surface area contributed by atoms with E-state index in [1.807, 2.05) is 18.2 Å². The zero-order valence-electron chi connectivity index (χ0n) is 10.8. The van der Waals surface area contributed by atoms with Crippen LogP contribution in [0.3, 0.4) is 0 Å². The van der Waals surface area contributed by atoms with Crippen LogP contribution in [0, 0.1) is 17.1 Å².